The Bertz CT molecular complexity index is 1220. The molecule has 1 aliphatic rings. The van der Waals surface area contributed by atoms with Crippen LogP contribution in [0.25, 0.3) is 5.65 Å². The van der Waals surface area contributed by atoms with Gasteiger partial charge in [0, 0.05) is 37.1 Å². The smallest absolute Gasteiger partial charge is 0.251 e. The predicted molar refractivity (Wildman–Crippen MR) is 117 cm³/mol. The minimum atomic E-state index is -0.139. The molecule has 1 aromatic carbocycles. The van der Waals surface area contributed by atoms with E-state index < -0.39 is 0 Å². The number of ether oxygens (including phenoxy) is 1. The van der Waals surface area contributed by atoms with Crippen molar-refractivity contribution in [2.75, 3.05) is 0 Å². The van der Waals surface area contributed by atoms with Crippen molar-refractivity contribution < 1.29 is 9.53 Å². The maximum atomic E-state index is 12.6. The normalized spacial score (nSPS) is 13.2. The van der Waals surface area contributed by atoms with Crippen LogP contribution in [0.15, 0.2) is 55.0 Å². The van der Waals surface area contributed by atoms with Crippen LogP contribution in [0.5, 0.6) is 5.75 Å². The molecule has 0 saturated heterocycles. The molecule has 1 amide bonds. The summed E-state index contributed by atoms with van der Waals surface area (Å²) in [7, 11) is 0. The summed E-state index contributed by atoms with van der Waals surface area (Å²) in [5.41, 5.74) is 4.36. The molecule has 4 aromatic rings. The molecule has 0 fully saturated rings. The van der Waals surface area contributed by atoms with Gasteiger partial charge in [-0.2, -0.15) is 0 Å². The molecule has 0 unspecified atom stereocenters. The summed E-state index contributed by atoms with van der Waals surface area (Å²) in [5, 5.41) is 2.96. The number of carbonyl (C=O) groups excluding carboxylic acids is 1. The molecular formula is C24H25N5O2. The molecule has 0 atom stereocenters. The van der Waals surface area contributed by atoms with E-state index in [-0.39, 0.29) is 5.91 Å². The third kappa shape index (κ3) is 4.30. The number of hydrogen-bond acceptors (Lipinski definition) is 4. The minimum absolute atomic E-state index is 0.139. The average Bonchev–Trinajstić information content (AvgIpc) is 3.39. The van der Waals surface area contributed by atoms with E-state index in [0.717, 1.165) is 35.8 Å². The van der Waals surface area contributed by atoms with Crippen LogP contribution in [-0.2, 0) is 26.1 Å². The second-order valence-corrected chi connectivity index (χ2v) is 8.00. The summed E-state index contributed by atoms with van der Waals surface area (Å²) in [4.78, 5) is 21.8. The van der Waals surface area contributed by atoms with Crippen LogP contribution >= 0.6 is 0 Å². The average molecular weight is 415 g/mol. The number of rotatable bonds is 6. The molecule has 7 heteroatoms. The van der Waals surface area contributed by atoms with Gasteiger partial charge in [0.2, 0.25) is 0 Å². The van der Waals surface area contributed by atoms with Crippen LogP contribution in [0.2, 0.25) is 0 Å². The molecule has 158 valence electrons. The maximum Gasteiger partial charge on any atom is 0.251 e. The molecule has 7 nitrogen and oxygen atoms in total. The number of aromatic nitrogens is 4. The molecule has 4 heterocycles. The molecular weight excluding hydrogens is 390 g/mol. The number of fused-ring (bicyclic) bond motifs is 2. The number of nitrogens with one attached hydrogen (secondary N) is 1. The first-order chi connectivity index (χ1) is 15.1. The zero-order valence-corrected chi connectivity index (χ0v) is 17.5. The van der Waals surface area contributed by atoms with Crippen molar-refractivity contribution in [3.8, 4) is 5.75 Å². The second-order valence-electron chi connectivity index (χ2n) is 8.00. The molecule has 0 saturated carbocycles. The van der Waals surface area contributed by atoms with Crippen molar-refractivity contribution >= 4 is 11.6 Å². The van der Waals surface area contributed by atoms with Crippen LogP contribution in [-0.4, -0.2) is 24.8 Å². The summed E-state index contributed by atoms with van der Waals surface area (Å²) < 4.78 is 10.1. The lowest BCUT2D eigenvalue weighted by atomic mass is 10.2. The SMILES string of the molecule is Cc1ccc2nc(COc3cccc(C(=O)NCc4cn5c(n4)CCCC5)c3)cn2c1. The molecule has 31 heavy (non-hydrogen) atoms. The van der Waals surface area contributed by atoms with Crippen LogP contribution in [0.3, 0.4) is 0 Å². The lowest BCUT2D eigenvalue weighted by Gasteiger charge is -2.11. The van der Waals surface area contributed by atoms with Gasteiger partial charge in [-0.3, -0.25) is 4.79 Å². The van der Waals surface area contributed by atoms with Gasteiger partial charge >= 0.3 is 0 Å². The third-order valence-corrected chi connectivity index (χ3v) is 5.52. The van der Waals surface area contributed by atoms with Crippen LogP contribution in [0, 0.1) is 6.92 Å². The van der Waals surface area contributed by atoms with E-state index in [1.165, 1.54) is 18.4 Å². The van der Waals surface area contributed by atoms with Gasteiger partial charge in [-0.05, 0) is 49.6 Å². The number of imidazole rings is 2. The number of amides is 1. The Morgan fingerprint density at radius 3 is 2.94 bits per heavy atom. The number of benzene rings is 1. The Hall–Kier alpha value is -3.61. The standard InChI is InChI=1S/C24H25N5O2/c1-17-8-9-23-27-20(15-29(23)13-17)16-31-21-6-4-5-18(11-21)24(30)25-12-19-14-28-10-3-2-7-22(28)26-19/h4-6,8-9,11,13-15H,2-3,7,10,12,16H2,1H3,(H,25,30). The topological polar surface area (TPSA) is 73.4 Å². The zero-order valence-electron chi connectivity index (χ0n) is 17.5. The number of carbonyl (C=O) groups is 1. The predicted octanol–water partition coefficient (Wildman–Crippen LogP) is 3.68. The van der Waals surface area contributed by atoms with Crippen molar-refractivity contribution in [1.82, 2.24) is 24.3 Å². The second kappa shape index (κ2) is 8.26. The Labute approximate surface area is 180 Å². The highest BCUT2D eigenvalue weighted by Crippen LogP contribution is 2.17. The molecule has 0 spiro atoms. The third-order valence-electron chi connectivity index (χ3n) is 5.52. The molecule has 0 bridgehead atoms. The molecule has 1 N–H and O–H groups in total. The summed E-state index contributed by atoms with van der Waals surface area (Å²) in [6, 6.07) is 11.2. The van der Waals surface area contributed by atoms with E-state index in [1.54, 1.807) is 12.1 Å². The summed E-state index contributed by atoms with van der Waals surface area (Å²) in [6.07, 6.45) is 9.43. The van der Waals surface area contributed by atoms with Gasteiger partial charge < -0.3 is 19.0 Å². The van der Waals surface area contributed by atoms with E-state index >= 15 is 0 Å². The van der Waals surface area contributed by atoms with Crippen molar-refractivity contribution in [2.24, 2.45) is 0 Å². The van der Waals surface area contributed by atoms with Gasteiger partial charge in [0.1, 0.15) is 23.8 Å². The quantitative estimate of drug-likeness (QED) is 0.521. The van der Waals surface area contributed by atoms with E-state index in [9.17, 15) is 4.79 Å². The monoisotopic (exact) mass is 415 g/mol. The zero-order chi connectivity index (χ0) is 21.2. The first-order valence-electron chi connectivity index (χ1n) is 10.6. The number of hydrogen-bond donors (Lipinski definition) is 1. The highest BCUT2D eigenvalue weighted by atomic mass is 16.5. The molecule has 5 rings (SSSR count). The van der Waals surface area contributed by atoms with E-state index in [1.807, 2.05) is 54.2 Å². The van der Waals surface area contributed by atoms with E-state index in [0.29, 0.717) is 24.5 Å². The van der Waals surface area contributed by atoms with Gasteiger partial charge in [-0.25, -0.2) is 9.97 Å². The first kappa shape index (κ1) is 19.4. The van der Waals surface area contributed by atoms with Crippen molar-refractivity contribution in [2.45, 2.75) is 45.9 Å². The highest BCUT2D eigenvalue weighted by Gasteiger charge is 2.13. The van der Waals surface area contributed by atoms with E-state index in [2.05, 4.69) is 19.9 Å². The molecule has 0 radical (unpaired) electrons. The largest absolute Gasteiger partial charge is 0.487 e. The Kier molecular flexibility index (Phi) is 5.16. The van der Waals surface area contributed by atoms with Crippen molar-refractivity contribution in [1.29, 1.82) is 0 Å². The van der Waals surface area contributed by atoms with Crippen LogP contribution in [0.1, 0.15) is 46.0 Å². The summed E-state index contributed by atoms with van der Waals surface area (Å²) in [6.45, 7) is 3.82. The fourth-order valence-electron chi connectivity index (χ4n) is 3.94. The summed E-state index contributed by atoms with van der Waals surface area (Å²) >= 11 is 0. The van der Waals surface area contributed by atoms with Gasteiger partial charge in [-0.15, -0.1) is 0 Å². The van der Waals surface area contributed by atoms with Crippen LogP contribution < -0.4 is 10.1 Å². The number of aryl methyl sites for hydroxylation is 3. The number of pyridine rings is 1. The molecule has 0 aliphatic carbocycles. The van der Waals surface area contributed by atoms with Crippen molar-refractivity contribution in [3.05, 3.63) is 83.3 Å². The van der Waals surface area contributed by atoms with Gasteiger partial charge in [0.05, 0.1) is 17.9 Å². The Morgan fingerprint density at radius 1 is 1.10 bits per heavy atom. The molecule has 1 aliphatic heterocycles. The maximum absolute atomic E-state index is 12.6. The van der Waals surface area contributed by atoms with Gasteiger partial charge in [0.25, 0.3) is 5.91 Å². The first-order valence-corrected chi connectivity index (χ1v) is 10.6. The Morgan fingerprint density at radius 2 is 2.03 bits per heavy atom. The lowest BCUT2D eigenvalue weighted by Crippen LogP contribution is -2.23. The minimum Gasteiger partial charge on any atom is -0.487 e. The van der Waals surface area contributed by atoms with Gasteiger partial charge in [0.15, 0.2) is 0 Å². The molecule has 3 aromatic heterocycles. The number of nitrogens with zero attached hydrogens (tertiary/aromatic N) is 4. The fraction of sp³-hybridized carbons (Fsp3) is 0.292. The summed E-state index contributed by atoms with van der Waals surface area (Å²) in [5.74, 6) is 1.62. The fourth-order valence-corrected chi connectivity index (χ4v) is 3.94. The van der Waals surface area contributed by atoms with E-state index in [4.69, 9.17) is 4.74 Å². The highest BCUT2D eigenvalue weighted by molar-refractivity contribution is 5.94. The van der Waals surface area contributed by atoms with Crippen molar-refractivity contribution in [3.63, 3.8) is 0 Å². The Balaban J connectivity index is 1.20. The van der Waals surface area contributed by atoms with Gasteiger partial charge in [-0.1, -0.05) is 12.1 Å². The lowest BCUT2D eigenvalue weighted by molar-refractivity contribution is 0.0950. The van der Waals surface area contributed by atoms with Crippen LogP contribution in [0.4, 0.5) is 0 Å².